The summed E-state index contributed by atoms with van der Waals surface area (Å²) >= 11 is 0. The molecule has 45 heavy (non-hydrogen) atoms. The van der Waals surface area contributed by atoms with Crippen LogP contribution in [0.3, 0.4) is 0 Å². The number of aromatic nitrogens is 3. The Labute approximate surface area is 261 Å². The van der Waals surface area contributed by atoms with Gasteiger partial charge < -0.3 is 20.0 Å². The van der Waals surface area contributed by atoms with E-state index in [2.05, 4.69) is 34.0 Å². The highest BCUT2D eigenvalue weighted by Gasteiger charge is 2.32. The highest BCUT2D eigenvalue weighted by atomic mass is 19.4. The number of fused-ring (bicyclic) bond motifs is 1. The van der Waals surface area contributed by atoms with E-state index in [-0.39, 0.29) is 12.1 Å². The highest BCUT2D eigenvalue weighted by molar-refractivity contribution is 5.60. The molecule has 2 aromatic carbocycles. The van der Waals surface area contributed by atoms with Gasteiger partial charge in [-0.25, -0.2) is 9.78 Å². The average Bonchev–Trinajstić information content (AvgIpc) is 3.45. The summed E-state index contributed by atoms with van der Waals surface area (Å²) in [6.45, 7) is 4.71. The van der Waals surface area contributed by atoms with Gasteiger partial charge in [-0.3, -0.25) is 4.68 Å². The number of aryl methyl sites for hydroxylation is 3. The van der Waals surface area contributed by atoms with Gasteiger partial charge in [0.2, 0.25) is 5.95 Å². The largest absolute Gasteiger partial charge is 0.503 e. The number of nitrogens with zero attached hydrogens (tertiary/aromatic N) is 6. The molecule has 0 atom stereocenters. The van der Waals surface area contributed by atoms with Gasteiger partial charge in [0.15, 0.2) is 0 Å². The Morgan fingerprint density at radius 2 is 1.67 bits per heavy atom. The summed E-state index contributed by atoms with van der Waals surface area (Å²) in [5, 5.41) is 27.9. The summed E-state index contributed by atoms with van der Waals surface area (Å²) in [5.41, 5.74) is 4.70. The average molecular weight is 627 g/mol. The predicted octanol–water partition coefficient (Wildman–Crippen LogP) is 7.42. The molecule has 5 rings (SSSR count). The fraction of sp³-hybridized carbons (Fsp3) is 0.515. The smallest absolute Gasteiger partial charge is 0.450 e. The topological polar surface area (TPSA) is 119 Å². The van der Waals surface area contributed by atoms with Crippen LogP contribution in [0.5, 0.6) is 0 Å². The number of alkyl halides is 3. The molecule has 0 radical (unpaired) electrons. The molecule has 0 unspecified atom stereocenters. The number of benzene rings is 2. The molecule has 1 fully saturated rings. The minimum Gasteiger partial charge on any atom is -0.450 e. The van der Waals surface area contributed by atoms with Gasteiger partial charge in [-0.15, -0.1) is 5.10 Å². The van der Waals surface area contributed by atoms with Crippen molar-refractivity contribution < 1.29 is 28.2 Å². The van der Waals surface area contributed by atoms with Gasteiger partial charge in [0, 0.05) is 38.9 Å². The van der Waals surface area contributed by atoms with Crippen molar-refractivity contribution in [3.8, 4) is 6.07 Å². The minimum atomic E-state index is -4.54. The van der Waals surface area contributed by atoms with Crippen LogP contribution < -0.4 is 9.80 Å². The maximum atomic E-state index is 13.7. The van der Waals surface area contributed by atoms with Crippen LogP contribution in [0.15, 0.2) is 36.7 Å². The van der Waals surface area contributed by atoms with Crippen LogP contribution in [0.25, 0.3) is 0 Å². The monoisotopic (exact) mass is 626 g/mol. The molecule has 2 N–H and O–H groups in total. The summed E-state index contributed by atoms with van der Waals surface area (Å²) in [7, 11) is 1.78. The van der Waals surface area contributed by atoms with Crippen molar-refractivity contribution in [3.05, 3.63) is 70.0 Å². The van der Waals surface area contributed by atoms with Gasteiger partial charge in [-0.05, 0) is 97.9 Å². The molecular weight excluding hydrogens is 585 g/mol. The fourth-order valence-corrected chi connectivity index (χ4v) is 6.43. The normalized spacial score (nSPS) is 14.9. The van der Waals surface area contributed by atoms with Crippen molar-refractivity contribution in [2.75, 3.05) is 22.9 Å². The second kappa shape index (κ2) is 15.1. The lowest BCUT2D eigenvalue weighted by Crippen LogP contribution is -2.33. The third-order valence-corrected chi connectivity index (χ3v) is 8.52. The molecule has 0 spiro atoms. The zero-order chi connectivity index (χ0) is 32.6. The van der Waals surface area contributed by atoms with Gasteiger partial charge in [0.05, 0.1) is 17.2 Å². The van der Waals surface area contributed by atoms with Crippen LogP contribution in [0.2, 0.25) is 0 Å². The van der Waals surface area contributed by atoms with E-state index in [4.69, 9.17) is 15.0 Å². The number of rotatable bonds is 9. The van der Waals surface area contributed by atoms with Crippen LogP contribution in [0.1, 0.15) is 85.3 Å². The zero-order valence-corrected chi connectivity index (χ0v) is 25.9. The molecule has 1 saturated carbocycles. The maximum Gasteiger partial charge on any atom is 0.503 e. The van der Waals surface area contributed by atoms with Gasteiger partial charge in [-0.2, -0.15) is 18.4 Å². The van der Waals surface area contributed by atoms with E-state index in [0.717, 1.165) is 50.0 Å². The van der Waals surface area contributed by atoms with E-state index in [9.17, 15) is 18.4 Å². The van der Waals surface area contributed by atoms with E-state index < -0.39 is 17.9 Å². The third-order valence-electron chi connectivity index (χ3n) is 8.52. The van der Waals surface area contributed by atoms with E-state index in [1.807, 2.05) is 11.0 Å². The molecule has 0 aliphatic heterocycles. The van der Waals surface area contributed by atoms with E-state index in [1.165, 1.54) is 61.4 Å². The molecule has 2 aliphatic carbocycles. The molecule has 0 saturated heterocycles. The number of halogens is 3. The number of nitriles is 1. The van der Waals surface area contributed by atoms with E-state index >= 15 is 0 Å². The fourth-order valence-electron chi connectivity index (χ4n) is 6.43. The number of hydrogen-bond acceptors (Lipinski definition) is 6. The van der Waals surface area contributed by atoms with Crippen LogP contribution in [-0.2, 0) is 39.2 Å². The molecule has 1 heterocycles. The summed E-state index contributed by atoms with van der Waals surface area (Å²) in [6.07, 6.45) is 6.14. The Kier molecular flexibility index (Phi) is 11.3. The van der Waals surface area contributed by atoms with Crippen molar-refractivity contribution in [2.45, 2.75) is 84.0 Å². The summed E-state index contributed by atoms with van der Waals surface area (Å²) < 4.78 is 42.6. The zero-order valence-electron chi connectivity index (χ0n) is 25.9. The molecule has 3 aromatic rings. The Balaban J connectivity index is 0.00000109. The van der Waals surface area contributed by atoms with E-state index in [1.54, 1.807) is 18.1 Å². The maximum absolute atomic E-state index is 13.7. The first-order valence-electron chi connectivity index (χ1n) is 15.5. The molecule has 0 bridgehead atoms. The van der Waals surface area contributed by atoms with Gasteiger partial charge in [0.1, 0.15) is 6.33 Å². The molecule has 0 amide bonds. The van der Waals surface area contributed by atoms with Gasteiger partial charge >= 0.3 is 12.3 Å². The highest BCUT2D eigenvalue weighted by Crippen LogP contribution is 2.35. The Hall–Kier alpha value is -4.27. The standard InChI is InChI=1S/C32H39F3N6.CH2O3/c1-3-40(19-23-9-5-4-6-10-23)30-17-27-12-8-7-11-26(27)16-28(30)21-41(31-37-22-39(2)38-31)20-25-13-24(18-36)14-29(15-25)32(33,34)35;2-1(3)4/h13-17,22-23H,3-12,19-21H2,1-2H3;(H2,2,3,4). The molecule has 242 valence electrons. The Morgan fingerprint density at radius 1 is 1.00 bits per heavy atom. The molecule has 9 nitrogen and oxygen atoms in total. The third kappa shape index (κ3) is 9.36. The number of carboxylic acid groups (broad SMARTS) is 2. The summed E-state index contributed by atoms with van der Waals surface area (Å²) in [5.74, 6) is 1.12. The lowest BCUT2D eigenvalue weighted by atomic mass is 9.87. The van der Waals surface area contributed by atoms with Crippen molar-refractivity contribution in [2.24, 2.45) is 13.0 Å². The number of anilines is 2. The first kappa shape index (κ1) is 33.6. The van der Waals surface area contributed by atoms with Crippen molar-refractivity contribution in [3.63, 3.8) is 0 Å². The second-order valence-corrected chi connectivity index (χ2v) is 11.9. The lowest BCUT2D eigenvalue weighted by molar-refractivity contribution is -0.137. The molecular formula is C33H41F3N6O3. The molecule has 2 aliphatic rings. The Morgan fingerprint density at radius 3 is 2.24 bits per heavy atom. The van der Waals surface area contributed by atoms with Crippen LogP contribution in [0, 0.1) is 17.2 Å². The Bertz CT molecular complexity index is 1490. The second-order valence-electron chi connectivity index (χ2n) is 11.9. The van der Waals surface area contributed by atoms with Crippen LogP contribution >= 0.6 is 0 Å². The van der Waals surface area contributed by atoms with Crippen molar-refractivity contribution in [1.82, 2.24) is 14.8 Å². The number of hydrogen-bond donors (Lipinski definition) is 2. The van der Waals surface area contributed by atoms with Crippen LogP contribution in [0.4, 0.5) is 29.6 Å². The lowest BCUT2D eigenvalue weighted by Gasteiger charge is -2.34. The van der Waals surface area contributed by atoms with Crippen molar-refractivity contribution in [1.29, 1.82) is 5.26 Å². The van der Waals surface area contributed by atoms with Gasteiger partial charge in [0.25, 0.3) is 0 Å². The van der Waals surface area contributed by atoms with E-state index in [0.29, 0.717) is 24.0 Å². The molecule has 1 aromatic heterocycles. The quantitative estimate of drug-likeness (QED) is 0.252. The minimum absolute atomic E-state index is 0.0112. The summed E-state index contributed by atoms with van der Waals surface area (Å²) in [4.78, 5) is 17.5. The first-order chi connectivity index (χ1) is 21.5. The van der Waals surface area contributed by atoms with Crippen molar-refractivity contribution >= 4 is 17.8 Å². The predicted molar refractivity (Wildman–Crippen MR) is 165 cm³/mol. The summed E-state index contributed by atoms with van der Waals surface area (Å²) in [6, 6.07) is 10.1. The number of carbonyl (C=O) groups is 1. The first-order valence-corrected chi connectivity index (χ1v) is 15.5. The van der Waals surface area contributed by atoms with Crippen LogP contribution in [-0.4, -0.2) is 44.2 Å². The van der Waals surface area contributed by atoms with Gasteiger partial charge in [-0.1, -0.05) is 25.3 Å². The SMILES string of the molecule is CCN(CC1CCCCC1)c1cc2c(cc1CN(Cc1cc(C#N)cc(C(F)(F)F)c1)c1ncn(C)n1)CCCC2.O=C(O)O. The molecule has 12 heteroatoms.